The minimum atomic E-state index is -0.230. The van der Waals surface area contributed by atoms with Crippen molar-refractivity contribution in [2.24, 2.45) is 0 Å². The Morgan fingerprint density at radius 1 is 1.14 bits per heavy atom. The van der Waals surface area contributed by atoms with Crippen LogP contribution in [0.2, 0.25) is 0 Å². The molecule has 2 aromatic carbocycles. The standard InChI is InChI=1S/C17H19BrFNO/c1-2-9-20-11-13-3-8-17(19)14(10-13)12-21-16-6-4-15(18)5-7-16/h3-8,10,20H,2,9,11-12H2,1H3. The predicted molar refractivity (Wildman–Crippen MR) is 86.9 cm³/mol. The molecule has 4 heteroatoms. The van der Waals surface area contributed by atoms with Gasteiger partial charge < -0.3 is 10.1 Å². The largest absolute Gasteiger partial charge is 0.489 e. The third-order valence-electron chi connectivity index (χ3n) is 3.07. The number of hydrogen-bond acceptors (Lipinski definition) is 2. The van der Waals surface area contributed by atoms with Crippen molar-refractivity contribution >= 4 is 15.9 Å². The second kappa shape index (κ2) is 8.15. The highest BCUT2D eigenvalue weighted by Gasteiger charge is 2.05. The molecule has 21 heavy (non-hydrogen) atoms. The zero-order valence-electron chi connectivity index (χ0n) is 12.0. The summed E-state index contributed by atoms with van der Waals surface area (Å²) in [6, 6.07) is 12.7. The quantitative estimate of drug-likeness (QED) is 0.732. The van der Waals surface area contributed by atoms with Crippen LogP contribution in [-0.4, -0.2) is 6.54 Å². The van der Waals surface area contributed by atoms with E-state index in [-0.39, 0.29) is 12.4 Å². The van der Waals surface area contributed by atoms with E-state index in [1.165, 1.54) is 6.07 Å². The van der Waals surface area contributed by atoms with E-state index in [4.69, 9.17) is 4.74 Å². The van der Waals surface area contributed by atoms with E-state index in [2.05, 4.69) is 28.2 Å². The second-order valence-corrected chi connectivity index (χ2v) is 5.76. The normalized spacial score (nSPS) is 10.6. The Morgan fingerprint density at radius 2 is 1.90 bits per heavy atom. The number of ether oxygens (including phenoxy) is 1. The van der Waals surface area contributed by atoms with Crippen LogP contribution in [0.1, 0.15) is 24.5 Å². The van der Waals surface area contributed by atoms with Crippen LogP contribution in [-0.2, 0) is 13.2 Å². The summed E-state index contributed by atoms with van der Waals surface area (Å²) in [5.41, 5.74) is 1.65. The van der Waals surface area contributed by atoms with Crippen molar-refractivity contribution in [3.63, 3.8) is 0 Å². The van der Waals surface area contributed by atoms with Gasteiger partial charge in [-0.15, -0.1) is 0 Å². The Hall–Kier alpha value is -1.39. The molecule has 0 aliphatic heterocycles. The van der Waals surface area contributed by atoms with Gasteiger partial charge in [-0.25, -0.2) is 4.39 Å². The van der Waals surface area contributed by atoms with Gasteiger partial charge in [-0.2, -0.15) is 0 Å². The molecule has 0 fully saturated rings. The molecule has 0 bridgehead atoms. The van der Waals surface area contributed by atoms with Gasteiger partial charge in [-0.1, -0.05) is 28.9 Å². The molecule has 0 heterocycles. The lowest BCUT2D eigenvalue weighted by Gasteiger charge is -2.10. The van der Waals surface area contributed by atoms with Crippen molar-refractivity contribution in [2.75, 3.05) is 6.54 Å². The topological polar surface area (TPSA) is 21.3 Å². The number of halogens is 2. The average molecular weight is 352 g/mol. The molecule has 0 amide bonds. The first-order valence-corrected chi connectivity index (χ1v) is 7.84. The highest BCUT2D eigenvalue weighted by atomic mass is 79.9. The lowest BCUT2D eigenvalue weighted by Crippen LogP contribution is -2.14. The molecule has 2 nitrogen and oxygen atoms in total. The molecule has 0 spiro atoms. The van der Waals surface area contributed by atoms with Gasteiger partial charge in [0.1, 0.15) is 18.2 Å². The zero-order valence-corrected chi connectivity index (χ0v) is 13.6. The molecule has 2 rings (SSSR count). The Balaban J connectivity index is 1.98. The molecule has 0 saturated carbocycles. The fourth-order valence-corrected chi connectivity index (χ4v) is 2.21. The molecule has 112 valence electrons. The SMILES string of the molecule is CCCNCc1ccc(F)c(COc2ccc(Br)cc2)c1. The Labute approximate surface area is 133 Å². The highest BCUT2D eigenvalue weighted by molar-refractivity contribution is 9.10. The number of rotatable bonds is 7. The number of hydrogen-bond donors (Lipinski definition) is 1. The molecule has 2 aromatic rings. The first kappa shape index (κ1) is 16.0. The van der Waals surface area contributed by atoms with Crippen LogP contribution in [0.15, 0.2) is 46.9 Å². The minimum absolute atomic E-state index is 0.230. The van der Waals surface area contributed by atoms with Gasteiger partial charge in [0.2, 0.25) is 0 Å². The zero-order chi connectivity index (χ0) is 15.1. The molecule has 0 radical (unpaired) electrons. The van der Waals surface area contributed by atoms with Crippen molar-refractivity contribution in [3.05, 3.63) is 63.9 Å². The molecule has 0 aliphatic carbocycles. The van der Waals surface area contributed by atoms with Gasteiger partial charge in [0, 0.05) is 16.6 Å². The van der Waals surface area contributed by atoms with Gasteiger partial charge >= 0.3 is 0 Å². The van der Waals surface area contributed by atoms with Crippen LogP contribution in [0.3, 0.4) is 0 Å². The van der Waals surface area contributed by atoms with Gasteiger partial charge in [-0.05, 0) is 54.9 Å². The summed E-state index contributed by atoms with van der Waals surface area (Å²) in [5.74, 6) is 0.499. The van der Waals surface area contributed by atoms with Gasteiger partial charge in [0.25, 0.3) is 0 Å². The maximum Gasteiger partial charge on any atom is 0.129 e. The number of nitrogens with one attached hydrogen (secondary N) is 1. The van der Waals surface area contributed by atoms with Gasteiger partial charge in [0.05, 0.1) is 0 Å². The van der Waals surface area contributed by atoms with E-state index in [0.29, 0.717) is 5.56 Å². The smallest absolute Gasteiger partial charge is 0.129 e. The fourth-order valence-electron chi connectivity index (χ4n) is 1.95. The molecule has 1 N–H and O–H groups in total. The van der Waals surface area contributed by atoms with Crippen molar-refractivity contribution in [2.45, 2.75) is 26.5 Å². The number of benzene rings is 2. The fraction of sp³-hybridized carbons (Fsp3) is 0.294. The maximum atomic E-state index is 13.8. The molecule has 0 atom stereocenters. The molecular weight excluding hydrogens is 333 g/mol. The molecular formula is C17H19BrFNO. The second-order valence-electron chi connectivity index (χ2n) is 4.85. The van der Waals surface area contributed by atoms with Crippen LogP contribution >= 0.6 is 15.9 Å². The predicted octanol–water partition coefficient (Wildman–Crippen LogP) is 4.67. The van der Waals surface area contributed by atoms with Crippen LogP contribution in [0.4, 0.5) is 4.39 Å². The first-order chi connectivity index (χ1) is 10.2. The summed E-state index contributed by atoms with van der Waals surface area (Å²) in [6.07, 6.45) is 1.08. The summed E-state index contributed by atoms with van der Waals surface area (Å²) in [4.78, 5) is 0. The minimum Gasteiger partial charge on any atom is -0.489 e. The van der Waals surface area contributed by atoms with Crippen molar-refractivity contribution in [1.29, 1.82) is 0 Å². The molecule has 0 unspecified atom stereocenters. The van der Waals surface area contributed by atoms with Crippen LogP contribution in [0.5, 0.6) is 5.75 Å². The third-order valence-corrected chi connectivity index (χ3v) is 3.60. The first-order valence-electron chi connectivity index (χ1n) is 7.05. The third kappa shape index (κ3) is 5.14. The van der Waals surface area contributed by atoms with Gasteiger partial charge in [0.15, 0.2) is 0 Å². The molecule has 0 aromatic heterocycles. The Morgan fingerprint density at radius 3 is 2.62 bits per heavy atom. The van der Waals surface area contributed by atoms with Crippen LogP contribution in [0, 0.1) is 5.82 Å². The Kier molecular flexibility index (Phi) is 6.21. The lowest BCUT2D eigenvalue weighted by molar-refractivity contribution is 0.299. The van der Waals surface area contributed by atoms with Crippen LogP contribution in [0.25, 0.3) is 0 Å². The van der Waals surface area contributed by atoms with E-state index in [0.717, 1.165) is 35.3 Å². The summed E-state index contributed by atoms with van der Waals surface area (Å²) < 4.78 is 20.4. The average Bonchev–Trinajstić information content (AvgIpc) is 2.49. The van der Waals surface area contributed by atoms with E-state index < -0.39 is 0 Å². The van der Waals surface area contributed by atoms with E-state index in [1.54, 1.807) is 6.07 Å². The summed E-state index contributed by atoms with van der Waals surface area (Å²) in [5, 5.41) is 3.31. The monoisotopic (exact) mass is 351 g/mol. The molecule has 0 saturated heterocycles. The Bertz CT molecular complexity index is 572. The highest BCUT2D eigenvalue weighted by Crippen LogP contribution is 2.18. The van der Waals surface area contributed by atoms with Gasteiger partial charge in [-0.3, -0.25) is 0 Å². The summed E-state index contributed by atoms with van der Waals surface area (Å²) >= 11 is 3.37. The summed E-state index contributed by atoms with van der Waals surface area (Å²) in [7, 11) is 0. The molecule has 0 aliphatic rings. The van der Waals surface area contributed by atoms with E-state index >= 15 is 0 Å². The van der Waals surface area contributed by atoms with Crippen LogP contribution < -0.4 is 10.1 Å². The van der Waals surface area contributed by atoms with E-state index in [1.807, 2.05) is 30.3 Å². The summed E-state index contributed by atoms with van der Waals surface area (Å²) in [6.45, 7) is 4.06. The van der Waals surface area contributed by atoms with E-state index in [9.17, 15) is 4.39 Å². The maximum absolute atomic E-state index is 13.8. The van der Waals surface area contributed by atoms with Crippen molar-refractivity contribution in [3.8, 4) is 5.75 Å². The lowest BCUT2D eigenvalue weighted by atomic mass is 10.1. The van der Waals surface area contributed by atoms with Crippen molar-refractivity contribution in [1.82, 2.24) is 5.32 Å². The van der Waals surface area contributed by atoms with Crippen molar-refractivity contribution < 1.29 is 9.13 Å².